The van der Waals surface area contributed by atoms with Crippen LogP contribution in [0.1, 0.15) is 23.1 Å². The number of aromatic nitrogens is 3. The molecule has 3 rings (SSSR count). The van der Waals surface area contributed by atoms with E-state index in [2.05, 4.69) is 20.8 Å². The van der Waals surface area contributed by atoms with Gasteiger partial charge in [-0.25, -0.2) is 0 Å². The second-order valence-corrected chi connectivity index (χ2v) is 7.79. The van der Waals surface area contributed by atoms with E-state index in [9.17, 15) is 9.59 Å². The van der Waals surface area contributed by atoms with Crippen LogP contribution in [-0.2, 0) is 18.4 Å². The summed E-state index contributed by atoms with van der Waals surface area (Å²) in [5.74, 6) is 0.940. The van der Waals surface area contributed by atoms with E-state index < -0.39 is 0 Å². The monoisotopic (exact) mass is 459 g/mol. The van der Waals surface area contributed by atoms with Crippen LogP contribution in [0.5, 0.6) is 5.75 Å². The average Bonchev–Trinajstić information content (AvgIpc) is 3.12. The molecule has 10 heteroatoms. The van der Waals surface area contributed by atoms with Gasteiger partial charge in [0.1, 0.15) is 5.75 Å². The first-order valence-corrected chi connectivity index (χ1v) is 10.9. The number of carbonyl (C=O) groups is 2. The lowest BCUT2D eigenvalue weighted by Crippen LogP contribution is -2.24. The molecule has 0 unspecified atom stereocenters. The van der Waals surface area contributed by atoms with Crippen molar-refractivity contribution in [3.8, 4) is 5.75 Å². The van der Waals surface area contributed by atoms with Gasteiger partial charge in [0.2, 0.25) is 5.91 Å². The second kappa shape index (κ2) is 10.8. The van der Waals surface area contributed by atoms with Crippen molar-refractivity contribution in [2.45, 2.75) is 18.6 Å². The third kappa shape index (κ3) is 6.22. The van der Waals surface area contributed by atoms with Crippen LogP contribution in [0.25, 0.3) is 0 Å². The highest BCUT2D eigenvalue weighted by Crippen LogP contribution is 2.24. The standard InChI is InChI=1S/C21H22ClN5O3S/c1-3-30-17-7-5-4-6-16(17)24-19(28)13-31-21-26-25-18(27(21)2)12-23-20(29)14-8-10-15(22)11-9-14/h4-11H,3,12-13H2,1-2H3,(H,23,29)(H,24,28). The number of carbonyl (C=O) groups excluding carboxylic acids is 2. The van der Waals surface area contributed by atoms with Crippen molar-refractivity contribution in [1.82, 2.24) is 20.1 Å². The maximum absolute atomic E-state index is 12.3. The molecular formula is C21H22ClN5O3S. The first-order chi connectivity index (χ1) is 15.0. The minimum atomic E-state index is -0.235. The molecule has 0 aliphatic heterocycles. The highest BCUT2D eigenvalue weighted by atomic mass is 35.5. The molecule has 0 radical (unpaired) electrons. The van der Waals surface area contributed by atoms with Crippen LogP contribution in [0.3, 0.4) is 0 Å². The first kappa shape index (κ1) is 22.6. The summed E-state index contributed by atoms with van der Waals surface area (Å²) in [4.78, 5) is 24.6. The summed E-state index contributed by atoms with van der Waals surface area (Å²) in [6.45, 7) is 2.61. The molecule has 1 heterocycles. The Morgan fingerprint density at radius 1 is 1.13 bits per heavy atom. The van der Waals surface area contributed by atoms with Gasteiger partial charge in [0.15, 0.2) is 11.0 Å². The molecule has 2 N–H and O–H groups in total. The molecule has 3 aromatic rings. The molecule has 0 bridgehead atoms. The fraction of sp³-hybridized carbons (Fsp3) is 0.238. The van der Waals surface area contributed by atoms with Crippen molar-refractivity contribution in [3.05, 3.63) is 64.9 Å². The Morgan fingerprint density at radius 3 is 2.61 bits per heavy atom. The molecule has 0 atom stereocenters. The number of rotatable bonds is 9. The van der Waals surface area contributed by atoms with Crippen molar-refractivity contribution in [1.29, 1.82) is 0 Å². The Morgan fingerprint density at radius 2 is 1.87 bits per heavy atom. The summed E-state index contributed by atoms with van der Waals surface area (Å²) in [6.07, 6.45) is 0. The summed E-state index contributed by atoms with van der Waals surface area (Å²) < 4.78 is 7.26. The lowest BCUT2D eigenvalue weighted by atomic mass is 10.2. The van der Waals surface area contributed by atoms with E-state index in [1.165, 1.54) is 11.8 Å². The highest BCUT2D eigenvalue weighted by Gasteiger charge is 2.14. The number of ether oxygens (including phenoxy) is 1. The van der Waals surface area contributed by atoms with Gasteiger partial charge in [-0.3, -0.25) is 9.59 Å². The Labute approximate surface area is 189 Å². The van der Waals surface area contributed by atoms with E-state index in [0.717, 1.165) is 0 Å². The molecule has 0 aliphatic carbocycles. The Hall–Kier alpha value is -3.04. The summed E-state index contributed by atoms with van der Waals surface area (Å²) in [5, 5.41) is 15.0. The molecule has 2 aromatic carbocycles. The van der Waals surface area contributed by atoms with Gasteiger partial charge in [-0.1, -0.05) is 35.5 Å². The Balaban J connectivity index is 1.52. The minimum Gasteiger partial charge on any atom is -0.492 e. The predicted molar refractivity (Wildman–Crippen MR) is 121 cm³/mol. The number of benzene rings is 2. The highest BCUT2D eigenvalue weighted by molar-refractivity contribution is 7.99. The summed E-state index contributed by atoms with van der Waals surface area (Å²) in [7, 11) is 1.79. The number of nitrogens with zero attached hydrogens (tertiary/aromatic N) is 3. The zero-order valence-electron chi connectivity index (χ0n) is 17.1. The lowest BCUT2D eigenvalue weighted by Gasteiger charge is -2.11. The van der Waals surface area contributed by atoms with E-state index in [-0.39, 0.29) is 24.1 Å². The van der Waals surface area contributed by atoms with Gasteiger partial charge in [-0.05, 0) is 43.3 Å². The number of thioether (sulfide) groups is 1. The first-order valence-electron chi connectivity index (χ1n) is 9.54. The average molecular weight is 460 g/mol. The van der Waals surface area contributed by atoms with Gasteiger partial charge in [0.05, 0.1) is 24.6 Å². The van der Waals surface area contributed by atoms with Crippen LogP contribution in [0.15, 0.2) is 53.7 Å². The quantitative estimate of drug-likeness (QED) is 0.475. The van der Waals surface area contributed by atoms with Crippen LogP contribution >= 0.6 is 23.4 Å². The molecule has 0 saturated carbocycles. The topological polar surface area (TPSA) is 98.1 Å². The maximum atomic E-state index is 12.3. The molecule has 0 spiro atoms. The van der Waals surface area contributed by atoms with Crippen molar-refractivity contribution in [2.24, 2.45) is 7.05 Å². The molecule has 1 aromatic heterocycles. The third-order valence-corrected chi connectivity index (χ3v) is 5.50. The number of hydrogen-bond donors (Lipinski definition) is 2. The van der Waals surface area contributed by atoms with Gasteiger partial charge in [-0.15, -0.1) is 10.2 Å². The van der Waals surface area contributed by atoms with Gasteiger partial charge in [-0.2, -0.15) is 0 Å². The molecule has 31 heavy (non-hydrogen) atoms. The lowest BCUT2D eigenvalue weighted by molar-refractivity contribution is -0.113. The van der Waals surface area contributed by atoms with Crippen molar-refractivity contribution in [3.63, 3.8) is 0 Å². The number of para-hydroxylation sites is 2. The van der Waals surface area contributed by atoms with Crippen LogP contribution in [-0.4, -0.2) is 38.9 Å². The van der Waals surface area contributed by atoms with Crippen LogP contribution < -0.4 is 15.4 Å². The molecule has 0 aliphatic rings. The predicted octanol–water partition coefficient (Wildman–Crippen LogP) is 3.53. The summed E-state index contributed by atoms with van der Waals surface area (Å²) >= 11 is 7.10. The van der Waals surface area contributed by atoms with Crippen molar-refractivity contribution < 1.29 is 14.3 Å². The normalized spacial score (nSPS) is 10.5. The van der Waals surface area contributed by atoms with Crippen LogP contribution in [0.2, 0.25) is 5.02 Å². The van der Waals surface area contributed by atoms with Crippen molar-refractivity contribution in [2.75, 3.05) is 17.7 Å². The zero-order chi connectivity index (χ0) is 22.2. The largest absolute Gasteiger partial charge is 0.492 e. The SMILES string of the molecule is CCOc1ccccc1NC(=O)CSc1nnc(CNC(=O)c2ccc(Cl)cc2)n1C. The van der Waals surface area contributed by atoms with E-state index >= 15 is 0 Å². The van der Waals surface area contributed by atoms with E-state index in [0.29, 0.717) is 39.6 Å². The Kier molecular flexibility index (Phi) is 7.91. The fourth-order valence-electron chi connectivity index (χ4n) is 2.66. The molecule has 8 nitrogen and oxygen atoms in total. The molecular weight excluding hydrogens is 438 g/mol. The number of anilines is 1. The molecule has 162 valence electrons. The van der Waals surface area contributed by atoms with Crippen LogP contribution in [0, 0.1) is 0 Å². The molecule has 2 amide bonds. The van der Waals surface area contributed by atoms with Gasteiger partial charge < -0.3 is 19.9 Å². The second-order valence-electron chi connectivity index (χ2n) is 6.41. The summed E-state index contributed by atoms with van der Waals surface area (Å²) in [6, 6.07) is 13.9. The van der Waals surface area contributed by atoms with Crippen molar-refractivity contribution >= 4 is 40.9 Å². The van der Waals surface area contributed by atoms with Gasteiger partial charge >= 0.3 is 0 Å². The third-order valence-electron chi connectivity index (χ3n) is 4.23. The minimum absolute atomic E-state index is 0.156. The van der Waals surface area contributed by atoms with E-state index in [1.54, 1.807) is 48.0 Å². The smallest absolute Gasteiger partial charge is 0.251 e. The zero-order valence-corrected chi connectivity index (χ0v) is 18.7. The van der Waals surface area contributed by atoms with E-state index in [4.69, 9.17) is 16.3 Å². The Bertz CT molecular complexity index is 1060. The van der Waals surface area contributed by atoms with Crippen LogP contribution in [0.4, 0.5) is 5.69 Å². The van der Waals surface area contributed by atoms with E-state index in [1.807, 2.05) is 19.1 Å². The number of halogens is 1. The summed E-state index contributed by atoms with van der Waals surface area (Å²) in [5.41, 5.74) is 1.13. The van der Waals surface area contributed by atoms with Gasteiger partial charge in [0.25, 0.3) is 5.91 Å². The number of hydrogen-bond acceptors (Lipinski definition) is 6. The molecule has 0 saturated heterocycles. The van der Waals surface area contributed by atoms with Gasteiger partial charge in [0, 0.05) is 17.6 Å². The maximum Gasteiger partial charge on any atom is 0.251 e. The number of amides is 2. The fourth-order valence-corrected chi connectivity index (χ4v) is 3.51. The number of nitrogens with one attached hydrogen (secondary N) is 2. The molecule has 0 fully saturated rings.